The van der Waals surface area contributed by atoms with E-state index in [0.717, 1.165) is 38.7 Å². The second kappa shape index (κ2) is 9.14. The predicted octanol–water partition coefficient (Wildman–Crippen LogP) is 2.89. The molecular weight excluding hydrogens is 396 g/mol. The van der Waals surface area contributed by atoms with Gasteiger partial charge in [-0.25, -0.2) is 8.42 Å². The monoisotopic (exact) mass is 428 g/mol. The van der Waals surface area contributed by atoms with Crippen LogP contribution in [-0.2, 0) is 29.5 Å². The van der Waals surface area contributed by atoms with Crippen molar-refractivity contribution in [1.29, 1.82) is 0 Å². The molecule has 1 amide bonds. The van der Waals surface area contributed by atoms with Gasteiger partial charge in [-0.2, -0.15) is 0 Å². The van der Waals surface area contributed by atoms with Crippen LogP contribution >= 0.6 is 0 Å². The van der Waals surface area contributed by atoms with E-state index in [1.807, 2.05) is 13.8 Å². The molecule has 1 aromatic rings. The number of hydrogen-bond donors (Lipinski definition) is 1. The predicted molar refractivity (Wildman–Crippen MR) is 108 cm³/mol. The number of hydrogen-bond acceptors (Lipinski definition) is 7. The fourth-order valence-electron chi connectivity index (χ4n) is 3.28. The van der Waals surface area contributed by atoms with Crippen molar-refractivity contribution in [1.82, 2.24) is 5.16 Å². The van der Waals surface area contributed by atoms with Crippen LogP contribution in [0, 0.1) is 11.8 Å². The van der Waals surface area contributed by atoms with Crippen LogP contribution in [-0.4, -0.2) is 50.5 Å². The molecule has 2 unspecified atom stereocenters. The van der Waals surface area contributed by atoms with E-state index in [0.29, 0.717) is 12.3 Å². The smallest absolute Gasteiger partial charge is 0.231 e. The third-order valence-electron chi connectivity index (χ3n) is 5.36. The van der Waals surface area contributed by atoms with E-state index in [4.69, 9.17) is 14.0 Å². The summed E-state index contributed by atoms with van der Waals surface area (Å²) in [6.07, 6.45) is 4.79. The van der Waals surface area contributed by atoms with Crippen LogP contribution in [0.5, 0.6) is 0 Å². The largest absolute Gasteiger partial charge is 0.353 e. The van der Waals surface area contributed by atoms with Crippen molar-refractivity contribution >= 4 is 21.6 Å². The lowest BCUT2D eigenvalue weighted by molar-refractivity contribution is -0.170. The Morgan fingerprint density at radius 2 is 2.10 bits per heavy atom. The highest BCUT2D eigenvalue weighted by molar-refractivity contribution is 7.91. The van der Waals surface area contributed by atoms with Gasteiger partial charge < -0.3 is 14.0 Å². The molecule has 1 aliphatic heterocycles. The lowest BCUT2D eigenvalue weighted by Crippen LogP contribution is -2.31. The quantitative estimate of drug-likeness (QED) is 0.610. The molecule has 0 radical (unpaired) electrons. The molecule has 29 heavy (non-hydrogen) atoms. The number of rotatable bonds is 10. The Hall–Kier alpha value is -1.45. The van der Waals surface area contributed by atoms with Crippen LogP contribution in [0.25, 0.3) is 0 Å². The van der Waals surface area contributed by atoms with Gasteiger partial charge in [0.25, 0.3) is 0 Å². The fraction of sp³-hybridized carbons (Fsp3) is 0.800. The van der Waals surface area contributed by atoms with E-state index in [-0.39, 0.29) is 29.6 Å². The highest BCUT2D eigenvalue weighted by atomic mass is 32.2. The van der Waals surface area contributed by atoms with Crippen molar-refractivity contribution in [2.45, 2.75) is 64.6 Å². The van der Waals surface area contributed by atoms with E-state index < -0.39 is 27.1 Å². The minimum absolute atomic E-state index is 0.156. The Kier molecular flexibility index (Phi) is 7.01. The van der Waals surface area contributed by atoms with Gasteiger partial charge in [0.2, 0.25) is 11.8 Å². The molecule has 1 saturated carbocycles. The summed E-state index contributed by atoms with van der Waals surface area (Å²) in [6.45, 7) is 6.70. The van der Waals surface area contributed by atoms with Crippen LogP contribution in [0.15, 0.2) is 10.6 Å². The van der Waals surface area contributed by atoms with Crippen molar-refractivity contribution in [3.8, 4) is 0 Å². The Morgan fingerprint density at radius 1 is 1.34 bits per heavy atom. The number of sulfone groups is 1. The summed E-state index contributed by atoms with van der Waals surface area (Å²) in [5.74, 6) is -0.551. The van der Waals surface area contributed by atoms with Crippen molar-refractivity contribution in [3.63, 3.8) is 0 Å². The van der Waals surface area contributed by atoms with Gasteiger partial charge in [-0.15, -0.1) is 0 Å². The van der Waals surface area contributed by atoms with Crippen molar-refractivity contribution in [2.24, 2.45) is 11.8 Å². The number of nitrogens with zero attached hydrogens (tertiary/aromatic N) is 1. The van der Waals surface area contributed by atoms with Gasteiger partial charge in [0, 0.05) is 24.0 Å². The topological polar surface area (TPSA) is 108 Å². The Labute approximate surface area is 172 Å². The van der Waals surface area contributed by atoms with Crippen molar-refractivity contribution < 1.29 is 27.2 Å². The molecule has 2 fully saturated rings. The second-order valence-electron chi connectivity index (χ2n) is 8.98. The fourth-order valence-corrected chi connectivity index (χ4v) is 5.38. The lowest BCUT2D eigenvalue weighted by atomic mass is 9.90. The van der Waals surface area contributed by atoms with Crippen LogP contribution in [0.2, 0.25) is 0 Å². The molecule has 8 nitrogen and oxygen atoms in total. The van der Waals surface area contributed by atoms with Gasteiger partial charge >= 0.3 is 0 Å². The first-order chi connectivity index (χ1) is 13.6. The molecule has 9 heteroatoms. The molecule has 1 saturated heterocycles. The first-order valence-electron chi connectivity index (χ1n) is 10.4. The van der Waals surface area contributed by atoms with Gasteiger partial charge in [-0.1, -0.05) is 25.9 Å². The average molecular weight is 429 g/mol. The van der Waals surface area contributed by atoms with Crippen molar-refractivity contribution in [2.75, 3.05) is 30.0 Å². The van der Waals surface area contributed by atoms with Gasteiger partial charge in [-0.3, -0.25) is 10.1 Å². The maximum atomic E-state index is 12.4. The number of nitrogens with one attached hydrogen (secondary N) is 1. The zero-order valence-corrected chi connectivity index (χ0v) is 18.3. The van der Waals surface area contributed by atoms with E-state index in [1.54, 1.807) is 13.0 Å². The third kappa shape index (κ3) is 6.79. The molecule has 3 rings (SSSR count). The summed E-state index contributed by atoms with van der Waals surface area (Å²) >= 11 is 0. The highest BCUT2D eigenvalue weighted by Gasteiger charge is 2.31. The first kappa shape index (κ1) is 22.2. The van der Waals surface area contributed by atoms with Gasteiger partial charge in [0.05, 0.1) is 23.8 Å². The van der Waals surface area contributed by atoms with Crippen molar-refractivity contribution in [3.05, 3.63) is 11.8 Å². The number of carbonyl (C=O) groups is 1. The molecule has 0 aromatic carbocycles. The van der Waals surface area contributed by atoms with Crippen LogP contribution in [0.4, 0.5) is 5.88 Å². The van der Waals surface area contributed by atoms with E-state index in [9.17, 15) is 13.2 Å². The zero-order valence-electron chi connectivity index (χ0n) is 17.5. The standard InChI is InChI=1S/C20H32N2O6S/c1-14(11-29(24,25)12-15-7-8-15)19(23)21-17-10-16(22-28-17)20(2,3)13-27-18-6-4-5-9-26-18/h10,14-15,18H,4-9,11-13H2,1-3H3,(H,21,23). The number of carbonyl (C=O) groups excluding carboxylic acids is 1. The highest BCUT2D eigenvalue weighted by Crippen LogP contribution is 2.31. The van der Waals surface area contributed by atoms with E-state index in [1.165, 1.54) is 0 Å². The lowest BCUT2D eigenvalue weighted by Gasteiger charge is -2.28. The summed E-state index contributed by atoms with van der Waals surface area (Å²) in [7, 11) is -3.23. The molecule has 2 atom stereocenters. The maximum Gasteiger partial charge on any atom is 0.231 e. The minimum Gasteiger partial charge on any atom is -0.353 e. The van der Waals surface area contributed by atoms with Gasteiger partial charge in [0.1, 0.15) is 0 Å². The molecule has 164 valence electrons. The molecule has 0 bridgehead atoms. The normalized spacial score (nSPS) is 21.7. The first-order valence-corrected chi connectivity index (χ1v) is 12.2. The number of aromatic nitrogens is 1. The molecule has 2 aliphatic rings. The average Bonchev–Trinajstić information content (AvgIpc) is 3.32. The molecular formula is C20H32N2O6S. The number of anilines is 1. The summed E-state index contributed by atoms with van der Waals surface area (Å²) in [5, 5.41) is 6.69. The SMILES string of the molecule is CC(CS(=O)(=O)CC1CC1)C(=O)Nc1cc(C(C)(C)COC2CCCCO2)no1. The summed E-state index contributed by atoms with van der Waals surface area (Å²) < 4.78 is 41.0. The van der Waals surface area contributed by atoms with Gasteiger partial charge in [0.15, 0.2) is 16.1 Å². The zero-order chi connectivity index (χ0) is 21.1. The molecule has 0 spiro atoms. The molecule has 1 aromatic heterocycles. The Bertz CT molecular complexity index is 794. The summed E-state index contributed by atoms with van der Waals surface area (Å²) in [6, 6.07) is 1.66. The number of ether oxygens (including phenoxy) is 2. The molecule has 1 N–H and O–H groups in total. The minimum atomic E-state index is -3.23. The molecule has 1 aliphatic carbocycles. The molecule has 2 heterocycles. The second-order valence-corrected chi connectivity index (χ2v) is 11.1. The van der Waals surface area contributed by atoms with Crippen LogP contribution < -0.4 is 5.32 Å². The summed E-state index contributed by atoms with van der Waals surface area (Å²) in [4.78, 5) is 12.4. The number of amides is 1. The van der Waals surface area contributed by atoms with Crippen LogP contribution in [0.1, 0.15) is 58.6 Å². The van der Waals surface area contributed by atoms with E-state index >= 15 is 0 Å². The Morgan fingerprint density at radius 3 is 2.76 bits per heavy atom. The Balaban J connectivity index is 1.50. The van der Waals surface area contributed by atoms with E-state index in [2.05, 4.69) is 10.5 Å². The van der Waals surface area contributed by atoms with Gasteiger partial charge in [-0.05, 0) is 38.0 Å². The third-order valence-corrected chi connectivity index (χ3v) is 7.34. The summed E-state index contributed by atoms with van der Waals surface area (Å²) in [5.41, 5.74) is 0.226. The maximum absolute atomic E-state index is 12.4. The van der Waals surface area contributed by atoms with Crippen LogP contribution in [0.3, 0.4) is 0 Å².